The van der Waals surface area contributed by atoms with Gasteiger partial charge in [-0.25, -0.2) is 4.99 Å². The first kappa shape index (κ1) is 23.9. The highest BCUT2D eigenvalue weighted by Gasteiger charge is 2.14. The van der Waals surface area contributed by atoms with E-state index in [2.05, 4.69) is 70.4 Å². The molecule has 5 N–H and O–H groups in total. The fraction of sp³-hybridized carbons (Fsp3) is 0.545. The molecule has 0 aliphatic carbocycles. The number of benzene rings is 1. The zero-order valence-electron chi connectivity index (χ0n) is 18.4. The van der Waals surface area contributed by atoms with Gasteiger partial charge in [-0.2, -0.15) is 0 Å². The van der Waals surface area contributed by atoms with Crippen LogP contribution < -0.4 is 16.4 Å². The van der Waals surface area contributed by atoms with E-state index in [9.17, 15) is 0 Å². The molecule has 1 aliphatic rings. The second kappa shape index (κ2) is 13.0. The summed E-state index contributed by atoms with van der Waals surface area (Å²) in [6, 6.07) is 8.56. The van der Waals surface area contributed by atoms with Gasteiger partial charge in [-0.1, -0.05) is 37.6 Å². The maximum absolute atomic E-state index is 7.85. The summed E-state index contributed by atoms with van der Waals surface area (Å²) in [6.07, 6.45) is 2.09. The van der Waals surface area contributed by atoms with Crippen LogP contribution in [0.1, 0.15) is 30.9 Å². The van der Waals surface area contributed by atoms with Crippen LogP contribution in [-0.2, 0) is 17.8 Å². The van der Waals surface area contributed by atoms with Gasteiger partial charge in [-0.15, -0.1) is 0 Å². The zero-order valence-corrected chi connectivity index (χ0v) is 18.4. The average Bonchev–Trinajstić information content (AvgIpc) is 2.76. The van der Waals surface area contributed by atoms with Crippen LogP contribution in [0, 0.1) is 5.41 Å². The van der Waals surface area contributed by atoms with Crippen LogP contribution in [0.15, 0.2) is 40.8 Å². The van der Waals surface area contributed by atoms with E-state index in [0.717, 1.165) is 51.1 Å². The van der Waals surface area contributed by atoms with Gasteiger partial charge in [0.2, 0.25) is 0 Å². The fourth-order valence-corrected chi connectivity index (χ4v) is 3.19. The predicted octanol–water partition coefficient (Wildman–Crippen LogP) is 1.69. The molecule has 30 heavy (non-hydrogen) atoms. The number of rotatable bonds is 12. The Morgan fingerprint density at radius 3 is 2.67 bits per heavy atom. The minimum atomic E-state index is -0.0672. The lowest BCUT2D eigenvalue weighted by Gasteiger charge is -2.32. The molecule has 0 bridgehead atoms. The molecule has 0 amide bonds. The van der Waals surface area contributed by atoms with E-state index in [0.29, 0.717) is 25.7 Å². The molecule has 1 saturated heterocycles. The van der Waals surface area contributed by atoms with Crippen molar-refractivity contribution in [3.63, 3.8) is 0 Å². The summed E-state index contributed by atoms with van der Waals surface area (Å²) in [5.41, 5.74) is 8.74. The summed E-state index contributed by atoms with van der Waals surface area (Å²) in [7, 11) is 2.17. The third-order valence-corrected chi connectivity index (χ3v) is 5.14. The van der Waals surface area contributed by atoms with Crippen molar-refractivity contribution >= 4 is 12.6 Å². The largest absolute Gasteiger partial charge is 0.393 e. The lowest BCUT2D eigenvalue weighted by molar-refractivity contribution is 0.119. The molecule has 1 fully saturated rings. The Hall–Kier alpha value is -2.42. The molecular formula is C22H37N7O. The van der Waals surface area contributed by atoms with Crippen molar-refractivity contribution in [1.29, 1.82) is 5.41 Å². The smallest absolute Gasteiger partial charge is 0.171 e. The van der Waals surface area contributed by atoms with Crippen LogP contribution in [0.3, 0.4) is 0 Å². The molecule has 0 radical (unpaired) electrons. The van der Waals surface area contributed by atoms with E-state index < -0.39 is 0 Å². The number of nitrogens with one attached hydrogen (secondary N) is 3. The molecular weight excluding hydrogens is 378 g/mol. The Labute approximate surface area is 180 Å². The third-order valence-electron chi connectivity index (χ3n) is 5.14. The SMILES string of the molecule is C=NC(=N)/C(N)=C(\NCOCCCC)NCc1cccc(CN2CCN(C)CC2)c1. The Kier molecular flexibility index (Phi) is 10.3. The topological polar surface area (TPSA) is 102 Å². The lowest BCUT2D eigenvalue weighted by atomic mass is 10.1. The van der Waals surface area contributed by atoms with Crippen LogP contribution in [0.5, 0.6) is 0 Å². The summed E-state index contributed by atoms with van der Waals surface area (Å²) in [4.78, 5) is 8.48. The Balaban J connectivity index is 1.94. The summed E-state index contributed by atoms with van der Waals surface area (Å²) in [5.74, 6) is 0.468. The number of nitrogens with two attached hydrogens (primary N) is 1. The molecule has 1 aromatic carbocycles. The number of amidine groups is 1. The molecule has 1 heterocycles. The standard InChI is InChI=1S/C22H37N7O/c1-4-5-13-30-17-27-22(20(23)21(24)25-2)26-15-18-7-6-8-19(14-18)16-29-11-9-28(3)10-12-29/h6-8,14,24,26-27H,2,4-5,9-13,15-17,23H2,1,3H3/b22-20+,24-21?. The highest BCUT2D eigenvalue weighted by atomic mass is 16.5. The average molecular weight is 416 g/mol. The number of piperazine rings is 1. The first-order valence-electron chi connectivity index (χ1n) is 10.6. The summed E-state index contributed by atoms with van der Waals surface area (Å²) in [5, 5.41) is 14.3. The van der Waals surface area contributed by atoms with Crippen LogP contribution in [0.2, 0.25) is 0 Å². The molecule has 1 aromatic rings. The van der Waals surface area contributed by atoms with Gasteiger partial charge in [0.15, 0.2) is 5.84 Å². The van der Waals surface area contributed by atoms with Crippen molar-refractivity contribution in [1.82, 2.24) is 20.4 Å². The van der Waals surface area contributed by atoms with Gasteiger partial charge >= 0.3 is 0 Å². The molecule has 2 rings (SSSR count). The summed E-state index contributed by atoms with van der Waals surface area (Å²) >= 11 is 0. The van der Waals surface area contributed by atoms with E-state index in [-0.39, 0.29) is 11.5 Å². The van der Waals surface area contributed by atoms with Gasteiger partial charge in [0, 0.05) is 45.9 Å². The Morgan fingerprint density at radius 1 is 1.23 bits per heavy atom. The number of ether oxygens (including phenoxy) is 1. The number of hydrogen-bond acceptors (Lipinski definition) is 7. The van der Waals surface area contributed by atoms with Crippen molar-refractivity contribution < 1.29 is 4.74 Å². The van der Waals surface area contributed by atoms with Gasteiger partial charge < -0.3 is 26.0 Å². The molecule has 8 nitrogen and oxygen atoms in total. The van der Waals surface area contributed by atoms with E-state index >= 15 is 0 Å². The summed E-state index contributed by atoms with van der Waals surface area (Å²) < 4.78 is 5.56. The molecule has 1 aliphatic heterocycles. The van der Waals surface area contributed by atoms with E-state index in [1.807, 2.05) is 0 Å². The van der Waals surface area contributed by atoms with Gasteiger partial charge in [0.1, 0.15) is 18.2 Å². The van der Waals surface area contributed by atoms with Crippen LogP contribution in [0.25, 0.3) is 0 Å². The molecule has 0 spiro atoms. The molecule has 0 saturated carbocycles. The maximum Gasteiger partial charge on any atom is 0.171 e. The second-order valence-corrected chi connectivity index (χ2v) is 7.63. The summed E-state index contributed by atoms with van der Waals surface area (Å²) in [6.45, 7) is 12.5. The maximum atomic E-state index is 7.85. The van der Waals surface area contributed by atoms with Crippen molar-refractivity contribution in [2.75, 3.05) is 46.6 Å². The van der Waals surface area contributed by atoms with Gasteiger partial charge in [0.25, 0.3) is 0 Å². The number of aliphatic imine (C=N–C) groups is 1. The normalized spacial score (nSPS) is 16.1. The number of likely N-dealkylation sites (N-methyl/N-ethyl adjacent to an activating group) is 1. The van der Waals surface area contributed by atoms with E-state index in [4.69, 9.17) is 15.9 Å². The zero-order chi connectivity index (χ0) is 21.8. The Bertz CT molecular complexity index is 711. The lowest BCUT2D eigenvalue weighted by Crippen LogP contribution is -2.43. The van der Waals surface area contributed by atoms with Crippen molar-refractivity contribution in [3.8, 4) is 0 Å². The van der Waals surface area contributed by atoms with Crippen LogP contribution >= 0.6 is 0 Å². The van der Waals surface area contributed by atoms with Crippen molar-refractivity contribution in [2.45, 2.75) is 32.9 Å². The molecule has 0 unspecified atom stereocenters. The van der Waals surface area contributed by atoms with Crippen LogP contribution in [-0.4, -0.2) is 68.9 Å². The number of hydrogen-bond donors (Lipinski definition) is 4. The van der Waals surface area contributed by atoms with Crippen molar-refractivity contribution in [2.24, 2.45) is 10.7 Å². The van der Waals surface area contributed by atoms with Crippen molar-refractivity contribution in [3.05, 3.63) is 46.9 Å². The highest BCUT2D eigenvalue weighted by Crippen LogP contribution is 2.11. The van der Waals surface area contributed by atoms with Gasteiger partial charge in [0.05, 0.1) is 0 Å². The number of nitrogens with zero attached hydrogens (tertiary/aromatic N) is 3. The molecule has 166 valence electrons. The first-order chi connectivity index (χ1) is 14.5. The minimum absolute atomic E-state index is 0.0672. The minimum Gasteiger partial charge on any atom is -0.393 e. The number of unbranched alkanes of at least 4 members (excludes halogenated alkanes) is 1. The third kappa shape index (κ3) is 8.14. The second-order valence-electron chi connectivity index (χ2n) is 7.63. The van der Waals surface area contributed by atoms with Crippen LogP contribution in [0.4, 0.5) is 0 Å². The van der Waals surface area contributed by atoms with E-state index in [1.54, 1.807) is 0 Å². The Morgan fingerprint density at radius 2 is 1.97 bits per heavy atom. The van der Waals surface area contributed by atoms with E-state index in [1.165, 1.54) is 5.56 Å². The quantitative estimate of drug-likeness (QED) is 0.179. The molecule has 8 heteroatoms. The highest BCUT2D eigenvalue weighted by molar-refractivity contribution is 5.98. The van der Waals surface area contributed by atoms with Gasteiger partial charge in [-0.3, -0.25) is 10.3 Å². The first-order valence-corrected chi connectivity index (χ1v) is 10.6. The monoisotopic (exact) mass is 415 g/mol. The molecule has 0 atom stereocenters. The van der Waals surface area contributed by atoms with Gasteiger partial charge in [-0.05, 0) is 31.3 Å². The predicted molar refractivity (Wildman–Crippen MR) is 123 cm³/mol. The fourth-order valence-electron chi connectivity index (χ4n) is 3.19. The molecule has 0 aromatic heterocycles.